The molecule has 0 unspecified atom stereocenters. The Morgan fingerprint density at radius 1 is 0.857 bits per heavy atom. The molecule has 0 atom stereocenters. The highest BCUT2D eigenvalue weighted by Gasteiger charge is 2.34. The van der Waals surface area contributed by atoms with Crippen LogP contribution >= 0.6 is 0 Å². The quantitative estimate of drug-likeness (QED) is 0.839. The molecule has 28 heavy (non-hydrogen) atoms. The molecule has 4 rings (SSSR count). The number of alkyl halides is 3. The Hall–Kier alpha value is -2.45. The summed E-state index contributed by atoms with van der Waals surface area (Å²) < 4.78 is 39.1. The lowest BCUT2D eigenvalue weighted by atomic mass is 10.1. The van der Waals surface area contributed by atoms with Gasteiger partial charge in [-0.2, -0.15) is 28.1 Å². The summed E-state index contributed by atoms with van der Waals surface area (Å²) in [5.41, 5.74) is 4.98. The maximum Gasteiger partial charge on any atom is 0.433 e. The highest BCUT2D eigenvalue weighted by Crippen LogP contribution is 2.35. The first kappa shape index (κ1) is 18.9. The monoisotopic (exact) mass is 392 g/mol. The molecule has 2 aliphatic rings. The van der Waals surface area contributed by atoms with E-state index >= 15 is 0 Å². The van der Waals surface area contributed by atoms with Crippen molar-refractivity contribution in [2.45, 2.75) is 69.6 Å². The van der Waals surface area contributed by atoms with Crippen molar-refractivity contribution in [1.29, 1.82) is 0 Å². The molecule has 2 heterocycles. The summed E-state index contributed by atoms with van der Waals surface area (Å²) in [5.74, 6) is 0.537. The van der Waals surface area contributed by atoms with Crippen LogP contribution in [0, 0.1) is 0 Å². The zero-order chi connectivity index (χ0) is 19.7. The lowest BCUT2D eigenvalue weighted by Gasteiger charge is -2.34. The van der Waals surface area contributed by atoms with Gasteiger partial charge in [0.2, 0.25) is 11.9 Å². The van der Waals surface area contributed by atoms with Gasteiger partial charge in [-0.3, -0.25) is 0 Å². The molecular formula is C19H23F3N6. The average Bonchev–Trinajstić information content (AvgIpc) is 3.36. The van der Waals surface area contributed by atoms with Gasteiger partial charge >= 0.3 is 6.18 Å². The van der Waals surface area contributed by atoms with Crippen molar-refractivity contribution in [3.63, 3.8) is 0 Å². The van der Waals surface area contributed by atoms with Gasteiger partial charge in [-0.05, 0) is 37.8 Å². The minimum Gasteiger partial charge on any atom is -0.368 e. The summed E-state index contributed by atoms with van der Waals surface area (Å²) in [6.07, 6.45) is 4.40. The van der Waals surface area contributed by atoms with Gasteiger partial charge < -0.3 is 10.6 Å². The zero-order valence-electron chi connectivity index (χ0n) is 15.5. The normalized spacial score (nSPS) is 18.7. The predicted octanol–water partition coefficient (Wildman–Crippen LogP) is 4.23. The maximum atomic E-state index is 13.0. The molecular weight excluding hydrogens is 369 g/mol. The summed E-state index contributed by atoms with van der Waals surface area (Å²) in [6, 6.07) is 4.37. The number of pyridine rings is 1. The summed E-state index contributed by atoms with van der Waals surface area (Å²) in [6.45, 7) is 0. The lowest BCUT2D eigenvalue weighted by Crippen LogP contribution is -2.42. The Morgan fingerprint density at radius 3 is 2.04 bits per heavy atom. The van der Waals surface area contributed by atoms with Crippen LogP contribution < -0.4 is 10.6 Å². The van der Waals surface area contributed by atoms with Crippen LogP contribution in [0.3, 0.4) is 0 Å². The molecule has 2 N–H and O–H groups in total. The van der Waals surface area contributed by atoms with Gasteiger partial charge in [0.15, 0.2) is 5.82 Å². The number of hydrogen-bond donors (Lipinski definition) is 1. The molecule has 2 aromatic rings. The highest BCUT2D eigenvalue weighted by molar-refractivity contribution is 5.54. The Labute approximate surface area is 161 Å². The summed E-state index contributed by atoms with van der Waals surface area (Å²) in [4.78, 5) is 18.9. The van der Waals surface area contributed by atoms with Crippen LogP contribution in [0.4, 0.5) is 25.1 Å². The number of nitrogens with two attached hydrogens (primary N) is 1. The number of nitrogen functional groups attached to an aromatic ring is 1. The van der Waals surface area contributed by atoms with Crippen molar-refractivity contribution in [3.8, 4) is 11.5 Å². The molecule has 0 bridgehead atoms. The smallest absolute Gasteiger partial charge is 0.368 e. The third kappa shape index (κ3) is 3.88. The van der Waals surface area contributed by atoms with Crippen LogP contribution in [0.5, 0.6) is 0 Å². The molecule has 9 heteroatoms. The van der Waals surface area contributed by atoms with Crippen LogP contribution in [-0.2, 0) is 6.18 Å². The zero-order valence-corrected chi connectivity index (χ0v) is 15.5. The van der Waals surface area contributed by atoms with Gasteiger partial charge in [-0.25, -0.2) is 4.98 Å². The van der Waals surface area contributed by atoms with Gasteiger partial charge in [-0.15, -0.1) is 0 Å². The van der Waals surface area contributed by atoms with Crippen LogP contribution in [0.2, 0.25) is 0 Å². The SMILES string of the molecule is Nc1nc(-c2cccc(C(F)(F)F)n2)nc(N(C2CCCC2)C2CCCC2)n1. The van der Waals surface area contributed by atoms with E-state index in [0.717, 1.165) is 57.4 Å². The molecule has 0 spiro atoms. The molecule has 2 fully saturated rings. The number of hydrogen-bond acceptors (Lipinski definition) is 6. The summed E-state index contributed by atoms with van der Waals surface area (Å²) >= 11 is 0. The van der Waals surface area contributed by atoms with E-state index in [1.54, 1.807) is 0 Å². The average molecular weight is 392 g/mol. The van der Waals surface area contributed by atoms with E-state index in [-0.39, 0.29) is 17.5 Å². The maximum absolute atomic E-state index is 13.0. The molecule has 2 aromatic heterocycles. The standard InChI is InChI=1S/C19H23F3N6/c20-19(21,22)15-11-5-10-14(24-15)16-25-17(23)27-18(26-16)28(12-6-1-2-7-12)13-8-3-4-9-13/h5,10-13H,1-4,6-9H2,(H2,23,25,26,27). The fourth-order valence-corrected chi connectivity index (χ4v) is 4.32. The highest BCUT2D eigenvalue weighted by atomic mass is 19.4. The minimum absolute atomic E-state index is 0.000190. The van der Waals surface area contributed by atoms with E-state index in [0.29, 0.717) is 18.0 Å². The summed E-state index contributed by atoms with van der Waals surface area (Å²) in [7, 11) is 0. The predicted molar refractivity (Wildman–Crippen MR) is 99.5 cm³/mol. The molecule has 150 valence electrons. The first-order valence-corrected chi connectivity index (χ1v) is 9.76. The second-order valence-corrected chi connectivity index (χ2v) is 7.51. The van der Waals surface area contributed by atoms with E-state index < -0.39 is 11.9 Å². The van der Waals surface area contributed by atoms with Crippen molar-refractivity contribution in [3.05, 3.63) is 23.9 Å². The fraction of sp³-hybridized carbons (Fsp3) is 0.579. The first-order valence-electron chi connectivity index (χ1n) is 9.76. The van der Waals surface area contributed by atoms with E-state index in [1.807, 2.05) is 0 Å². The molecule has 0 saturated heterocycles. The fourth-order valence-electron chi connectivity index (χ4n) is 4.32. The van der Waals surface area contributed by atoms with Crippen molar-refractivity contribution < 1.29 is 13.2 Å². The molecule has 0 radical (unpaired) electrons. The van der Waals surface area contributed by atoms with Gasteiger partial charge in [0, 0.05) is 12.1 Å². The Bertz CT molecular complexity index is 813. The van der Waals surface area contributed by atoms with E-state index in [1.165, 1.54) is 12.1 Å². The molecule has 0 amide bonds. The van der Waals surface area contributed by atoms with Gasteiger partial charge in [-0.1, -0.05) is 31.7 Å². The van der Waals surface area contributed by atoms with E-state index in [9.17, 15) is 13.2 Å². The van der Waals surface area contributed by atoms with Crippen LogP contribution in [-0.4, -0.2) is 32.0 Å². The Morgan fingerprint density at radius 2 is 1.46 bits per heavy atom. The van der Waals surface area contributed by atoms with Gasteiger partial charge in [0.05, 0.1) is 0 Å². The Balaban J connectivity index is 1.73. The van der Waals surface area contributed by atoms with Crippen LogP contribution in [0.1, 0.15) is 57.1 Å². The summed E-state index contributed by atoms with van der Waals surface area (Å²) in [5, 5.41) is 0. The topological polar surface area (TPSA) is 80.8 Å². The third-order valence-electron chi connectivity index (χ3n) is 5.58. The lowest BCUT2D eigenvalue weighted by molar-refractivity contribution is -0.141. The second kappa shape index (κ2) is 7.52. The number of rotatable bonds is 4. The largest absolute Gasteiger partial charge is 0.433 e. The molecule has 2 aliphatic carbocycles. The van der Waals surface area contributed by atoms with Crippen LogP contribution in [0.25, 0.3) is 11.5 Å². The second-order valence-electron chi connectivity index (χ2n) is 7.51. The molecule has 6 nitrogen and oxygen atoms in total. The number of aromatic nitrogens is 4. The van der Waals surface area contributed by atoms with Crippen molar-refractivity contribution in [2.75, 3.05) is 10.6 Å². The third-order valence-corrected chi connectivity index (χ3v) is 5.58. The molecule has 2 saturated carbocycles. The van der Waals surface area contributed by atoms with Crippen molar-refractivity contribution in [1.82, 2.24) is 19.9 Å². The van der Waals surface area contributed by atoms with E-state index in [4.69, 9.17) is 5.73 Å². The van der Waals surface area contributed by atoms with Gasteiger partial charge in [0.25, 0.3) is 0 Å². The minimum atomic E-state index is -4.53. The molecule has 0 aliphatic heterocycles. The van der Waals surface area contributed by atoms with Crippen molar-refractivity contribution >= 4 is 11.9 Å². The number of halogens is 3. The van der Waals surface area contributed by atoms with E-state index in [2.05, 4.69) is 24.8 Å². The molecule has 0 aromatic carbocycles. The van der Waals surface area contributed by atoms with Crippen LogP contribution in [0.15, 0.2) is 18.2 Å². The number of nitrogens with zero attached hydrogens (tertiary/aromatic N) is 5. The Kier molecular flexibility index (Phi) is 5.07. The first-order chi connectivity index (χ1) is 13.4. The number of anilines is 2. The van der Waals surface area contributed by atoms with Crippen molar-refractivity contribution in [2.24, 2.45) is 0 Å². The van der Waals surface area contributed by atoms with Gasteiger partial charge in [0.1, 0.15) is 11.4 Å².